The molecule has 7 aromatic rings. The molecule has 0 radical (unpaired) electrons. The van der Waals surface area contributed by atoms with Gasteiger partial charge in [0, 0.05) is 63.6 Å². The molecule has 4 heteroatoms. The van der Waals surface area contributed by atoms with E-state index < -0.39 is 0 Å². The van der Waals surface area contributed by atoms with E-state index in [1.165, 1.54) is 66.1 Å². The molecule has 40 heavy (non-hydrogen) atoms. The van der Waals surface area contributed by atoms with Crippen LogP contribution in [0, 0.1) is 12.8 Å². The smallest absolute Gasteiger partial charge is 0.0571 e. The lowest BCUT2D eigenvalue weighted by Crippen LogP contribution is -2.12. The topological polar surface area (TPSA) is 35.6 Å². The van der Waals surface area contributed by atoms with Crippen LogP contribution in [-0.4, -0.2) is 19.1 Å². The van der Waals surface area contributed by atoms with Gasteiger partial charge in [-0.3, -0.25) is 9.97 Å². The molecule has 3 aromatic carbocycles. The minimum atomic E-state index is 0.315. The van der Waals surface area contributed by atoms with Crippen LogP contribution in [0.15, 0.2) is 122 Å². The Labute approximate surface area is 232 Å². The quantitative estimate of drug-likeness (QED) is 0.235. The maximum absolute atomic E-state index is 4.40. The molecule has 4 aromatic heterocycles. The van der Waals surface area contributed by atoms with E-state index in [9.17, 15) is 0 Å². The fourth-order valence-electron chi connectivity index (χ4n) is 6.70. The highest BCUT2D eigenvalue weighted by Crippen LogP contribution is 2.39. The monoisotopic (exact) mass is 516 g/mol. The second-order valence-electron chi connectivity index (χ2n) is 10.9. The Morgan fingerprint density at radius 3 is 1.90 bits per heavy atom. The van der Waals surface area contributed by atoms with Crippen molar-refractivity contribution in [3.8, 4) is 5.69 Å². The minimum Gasteiger partial charge on any atom is -0.309 e. The number of hydrogen-bond acceptors (Lipinski definition) is 2. The van der Waals surface area contributed by atoms with Crippen LogP contribution in [0.3, 0.4) is 0 Å². The maximum Gasteiger partial charge on any atom is 0.0571 e. The van der Waals surface area contributed by atoms with Gasteiger partial charge in [0.05, 0.1) is 22.1 Å². The molecule has 4 heterocycles. The van der Waals surface area contributed by atoms with Gasteiger partial charge in [0.25, 0.3) is 0 Å². The molecular weight excluding hydrogens is 488 g/mol. The highest BCUT2D eigenvalue weighted by molar-refractivity contribution is 6.10. The third kappa shape index (κ3) is 3.32. The fraction of sp³-hybridized carbons (Fsp3) is 0.111. The minimum absolute atomic E-state index is 0.315. The number of hydrogen-bond donors (Lipinski definition) is 0. The van der Waals surface area contributed by atoms with Gasteiger partial charge >= 0.3 is 0 Å². The van der Waals surface area contributed by atoms with E-state index in [-0.39, 0.29) is 0 Å². The zero-order valence-corrected chi connectivity index (χ0v) is 22.5. The molecular formula is C36H28N4. The molecule has 2 atom stereocenters. The van der Waals surface area contributed by atoms with Gasteiger partial charge in [0.2, 0.25) is 0 Å². The molecule has 0 saturated heterocycles. The van der Waals surface area contributed by atoms with E-state index in [1.807, 2.05) is 24.8 Å². The number of aryl methyl sites for hydroxylation is 1. The first-order valence-corrected chi connectivity index (χ1v) is 13.9. The predicted octanol–water partition coefficient (Wildman–Crippen LogP) is 8.82. The van der Waals surface area contributed by atoms with E-state index in [4.69, 9.17) is 0 Å². The summed E-state index contributed by atoms with van der Waals surface area (Å²) in [5.74, 6) is 0.664. The Kier molecular flexibility index (Phi) is 5.05. The summed E-state index contributed by atoms with van der Waals surface area (Å²) in [5, 5.41) is 4.84. The zero-order chi connectivity index (χ0) is 26.8. The molecule has 192 valence electrons. The van der Waals surface area contributed by atoms with E-state index in [0.717, 1.165) is 0 Å². The van der Waals surface area contributed by atoms with Crippen LogP contribution < -0.4 is 0 Å². The average molecular weight is 517 g/mol. The van der Waals surface area contributed by atoms with E-state index >= 15 is 0 Å². The lowest BCUT2D eigenvalue weighted by Gasteiger charge is -2.26. The summed E-state index contributed by atoms with van der Waals surface area (Å²) < 4.78 is 4.74. The van der Waals surface area contributed by atoms with Crippen LogP contribution >= 0.6 is 0 Å². The number of rotatable bonds is 3. The summed E-state index contributed by atoms with van der Waals surface area (Å²) in [4.78, 5) is 8.80. The van der Waals surface area contributed by atoms with Crippen molar-refractivity contribution in [1.29, 1.82) is 0 Å². The van der Waals surface area contributed by atoms with Crippen molar-refractivity contribution >= 4 is 49.3 Å². The van der Waals surface area contributed by atoms with Crippen LogP contribution in [0.5, 0.6) is 0 Å². The van der Waals surface area contributed by atoms with Crippen molar-refractivity contribution in [2.75, 3.05) is 0 Å². The molecule has 1 aliphatic rings. The summed E-state index contributed by atoms with van der Waals surface area (Å²) in [6.07, 6.45) is 14.8. The Bertz CT molecular complexity index is 2050. The number of fused-ring (bicyclic) bond motifs is 6. The van der Waals surface area contributed by atoms with E-state index in [0.29, 0.717) is 11.8 Å². The molecule has 0 aliphatic heterocycles. The Morgan fingerprint density at radius 2 is 1.25 bits per heavy atom. The van der Waals surface area contributed by atoms with Gasteiger partial charge in [0.1, 0.15) is 0 Å². The van der Waals surface area contributed by atoms with Gasteiger partial charge < -0.3 is 9.13 Å². The predicted molar refractivity (Wildman–Crippen MR) is 166 cm³/mol. The van der Waals surface area contributed by atoms with Crippen molar-refractivity contribution in [2.24, 2.45) is 5.92 Å². The summed E-state index contributed by atoms with van der Waals surface area (Å²) >= 11 is 0. The lowest BCUT2D eigenvalue weighted by molar-refractivity contribution is 0.632. The maximum atomic E-state index is 4.40. The van der Waals surface area contributed by atoms with Crippen molar-refractivity contribution in [3.63, 3.8) is 0 Å². The van der Waals surface area contributed by atoms with Gasteiger partial charge in [0.15, 0.2) is 0 Å². The molecule has 0 amide bonds. The highest BCUT2D eigenvalue weighted by atomic mass is 15.0. The van der Waals surface area contributed by atoms with Crippen molar-refractivity contribution in [1.82, 2.24) is 19.1 Å². The van der Waals surface area contributed by atoms with Crippen LogP contribution in [0.1, 0.15) is 24.0 Å². The largest absolute Gasteiger partial charge is 0.309 e. The molecule has 0 fully saturated rings. The van der Waals surface area contributed by atoms with Crippen LogP contribution in [0.25, 0.3) is 55.0 Å². The van der Waals surface area contributed by atoms with Crippen LogP contribution in [-0.2, 0) is 0 Å². The Balaban J connectivity index is 1.19. The third-order valence-electron chi connectivity index (χ3n) is 8.55. The molecule has 0 N–H and O–H groups in total. The lowest BCUT2D eigenvalue weighted by atomic mass is 9.81. The Morgan fingerprint density at radius 1 is 0.650 bits per heavy atom. The molecule has 4 nitrogen and oxygen atoms in total. The fourth-order valence-corrected chi connectivity index (χ4v) is 6.70. The van der Waals surface area contributed by atoms with Crippen molar-refractivity contribution < 1.29 is 0 Å². The zero-order valence-electron chi connectivity index (χ0n) is 22.5. The third-order valence-corrected chi connectivity index (χ3v) is 8.55. The number of allylic oxidation sites excluding steroid dienone is 4. The first-order valence-electron chi connectivity index (χ1n) is 13.9. The summed E-state index contributed by atoms with van der Waals surface area (Å²) in [5.41, 5.74) is 9.88. The number of pyridine rings is 2. The van der Waals surface area contributed by atoms with Gasteiger partial charge in [-0.25, -0.2) is 0 Å². The number of benzene rings is 3. The molecule has 0 saturated carbocycles. The van der Waals surface area contributed by atoms with E-state index in [2.05, 4.69) is 130 Å². The van der Waals surface area contributed by atoms with E-state index in [1.54, 1.807) is 0 Å². The second-order valence-corrected chi connectivity index (χ2v) is 10.9. The van der Waals surface area contributed by atoms with Gasteiger partial charge in [-0.15, -0.1) is 0 Å². The average Bonchev–Trinajstić information content (AvgIpc) is 3.51. The SMILES string of the molecule is Cc1cc(-n2c3ccccc3c3cnccc32)ccc1C1C=CC(n2c3ccccc3c3cnccc32)=CC1C. The Hall–Kier alpha value is -4.96. The first kappa shape index (κ1) is 23.0. The molecule has 8 rings (SSSR count). The molecule has 0 bridgehead atoms. The number of para-hydroxylation sites is 2. The molecule has 2 unspecified atom stereocenters. The van der Waals surface area contributed by atoms with Crippen LogP contribution in [0.2, 0.25) is 0 Å². The number of nitrogens with zero attached hydrogens (tertiary/aromatic N) is 4. The molecule has 0 spiro atoms. The van der Waals surface area contributed by atoms with Crippen molar-refractivity contribution in [2.45, 2.75) is 19.8 Å². The number of aromatic nitrogens is 4. The van der Waals surface area contributed by atoms with Gasteiger partial charge in [-0.2, -0.15) is 0 Å². The summed E-state index contributed by atoms with van der Waals surface area (Å²) in [6, 6.07) is 28.4. The summed E-state index contributed by atoms with van der Waals surface area (Å²) in [6.45, 7) is 4.57. The van der Waals surface area contributed by atoms with Crippen molar-refractivity contribution in [3.05, 3.63) is 133 Å². The first-order chi connectivity index (χ1) is 19.7. The second kappa shape index (κ2) is 8.78. The normalized spacial score (nSPS) is 17.3. The standard InChI is InChI=1S/C36H28N4/c1-23-19-25(39-33-9-5-3-7-29(33)31-21-37-17-15-35(31)39)11-13-27(23)28-14-12-26(20-24(28)2)40-34-10-6-4-8-30(34)32-22-38-18-16-36(32)40/h3-23,27H,1-2H3. The van der Waals surface area contributed by atoms with Gasteiger partial charge in [-0.05, 0) is 66.4 Å². The molecule has 1 aliphatic carbocycles. The van der Waals surface area contributed by atoms with Crippen LogP contribution in [0.4, 0.5) is 0 Å². The highest BCUT2D eigenvalue weighted by Gasteiger charge is 2.23. The van der Waals surface area contributed by atoms with Gasteiger partial charge in [-0.1, -0.05) is 61.5 Å². The summed E-state index contributed by atoms with van der Waals surface area (Å²) in [7, 11) is 0.